The van der Waals surface area contributed by atoms with Crippen LogP contribution >= 0.6 is 0 Å². The highest BCUT2D eigenvalue weighted by Gasteiger charge is 2.06. The second-order valence-electron chi connectivity index (χ2n) is 3.86. The number of aryl methyl sites for hydroxylation is 1. The molecule has 88 valence electrons. The first-order valence-electron chi connectivity index (χ1n) is 5.92. The van der Waals surface area contributed by atoms with Gasteiger partial charge in [0.25, 0.3) is 0 Å². The van der Waals surface area contributed by atoms with E-state index < -0.39 is 0 Å². The van der Waals surface area contributed by atoms with E-state index in [1.54, 1.807) is 0 Å². The fraction of sp³-hybridized carbons (Fsp3) is 0.200. The van der Waals surface area contributed by atoms with Crippen LogP contribution in [0.2, 0.25) is 0 Å². The molecule has 1 aromatic heterocycles. The van der Waals surface area contributed by atoms with Gasteiger partial charge >= 0.3 is 0 Å². The van der Waals surface area contributed by atoms with E-state index in [2.05, 4.69) is 13.0 Å². The Balaban J connectivity index is 0.000000514. The number of furan rings is 1. The molecule has 3 rings (SSSR count). The number of hydrogen-bond acceptors (Lipinski definition) is 2. The third-order valence-electron chi connectivity index (χ3n) is 2.65. The van der Waals surface area contributed by atoms with Gasteiger partial charge in [0, 0.05) is 16.5 Å². The monoisotopic (exact) mass is 227 g/mol. The third kappa shape index (κ3) is 1.98. The summed E-state index contributed by atoms with van der Waals surface area (Å²) in [5, 5.41) is 2.23. The minimum absolute atomic E-state index is 0.770. The SMILES string of the molecule is CC.Cc1ccc2oc3ccc(N)cc3c2c1. The molecule has 2 nitrogen and oxygen atoms in total. The highest BCUT2D eigenvalue weighted by Crippen LogP contribution is 2.30. The normalized spacial score (nSPS) is 10.3. The number of nitrogen functional groups attached to an aromatic ring is 1. The predicted molar refractivity (Wildman–Crippen MR) is 74.2 cm³/mol. The molecule has 0 bridgehead atoms. The maximum Gasteiger partial charge on any atom is 0.135 e. The summed E-state index contributed by atoms with van der Waals surface area (Å²) in [6.45, 7) is 6.07. The van der Waals surface area contributed by atoms with Crippen molar-refractivity contribution in [2.75, 3.05) is 5.73 Å². The lowest BCUT2D eigenvalue weighted by atomic mass is 10.1. The number of anilines is 1. The van der Waals surface area contributed by atoms with E-state index in [1.165, 1.54) is 5.56 Å². The van der Waals surface area contributed by atoms with Crippen molar-refractivity contribution in [3.63, 3.8) is 0 Å². The topological polar surface area (TPSA) is 39.2 Å². The number of rotatable bonds is 0. The van der Waals surface area contributed by atoms with E-state index >= 15 is 0 Å². The Morgan fingerprint density at radius 2 is 1.47 bits per heavy atom. The summed E-state index contributed by atoms with van der Waals surface area (Å²) in [5.74, 6) is 0. The van der Waals surface area contributed by atoms with E-state index in [0.717, 1.165) is 27.6 Å². The number of benzene rings is 2. The molecule has 0 fully saturated rings. The molecule has 0 saturated carbocycles. The van der Waals surface area contributed by atoms with Crippen LogP contribution in [0.25, 0.3) is 21.9 Å². The molecule has 3 aromatic rings. The minimum Gasteiger partial charge on any atom is -0.456 e. The zero-order valence-electron chi connectivity index (χ0n) is 10.4. The van der Waals surface area contributed by atoms with Crippen LogP contribution in [0.3, 0.4) is 0 Å². The first-order valence-corrected chi connectivity index (χ1v) is 5.92. The van der Waals surface area contributed by atoms with Gasteiger partial charge in [-0.3, -0.25) is 0 Å². The molecular weight excluding hydrogens is 210 g/mol. The fourth-order valence-corrected chi connectivity index (χ4v) is 1.91. The lowest BCUT2D eigenvalue weighted by Gasteiger charge is -1.93. The number of nitrogens with two attached hydrogens (primary N) is 1. The zero-order chi connectivity index (χ0) is 12.4. The molecule has 2 N–H and O–H groups in total. The second kappa shape index (κ2) is 4.50. The fourth-order valence-electron chi connectivity index (χ4n) is 1.91. The van der Waals surface area contributed by atoms with Gasteiger partial charge in [-0.2, -0.15) is 0 Å². The highest BCUT2D eigenvalue weighted by atomic mass is 16.3. The Bertz CT molecular complexity index is 596. The van der Waals surface area contributed by atoms with Gasteiger partial charge in [-0.05, 0) is 37.3 Å². The van der Waals surface area contributed by atoms with Crippen molar-refractivity contribution >= 4 is 27.6 Å². The largest absolute Gasteiger partial charge is 0.456 e. The quantitative estimate of drug-likeness (QED) is 0.574. The molecule has 2 aromatic carbocycles. The molecule has 0 aliphatic rings. The summed E-state index contributed by atoms with van der Waals surface area (Å²) in [7, 11) is 0. The smallest absolute Gasteiger partial charge is 0.135 e. The Morgan fingerprint density at radius 3 is 2.18 bits per heavy atom. The lowest BCUT2D eigenvalue weighted by Crippen LogP contribution is -1.81. The van der Waals surface area contributed by atoms with Crippen molar-refractivity contribution in [3.05, 3.63) is 42.0 Å². The molecular formula is C15H17NO. The van der Waals surface area contributed by atoms with Crippen LogP contribution in [0.15, 0.2) is 40.8 Å². The summed E-state index contributed by atoms with van der Waals surface area (Å²) in [6, 6.07) is 11.9. The van der Waals surface area contributed by atoms with Gasteiger partial charge in [0.2, 0.25) is 0 Å². The highest BCUT2D eigenvalue weighted by molar-refractivity contribution is 6.06. The lowest BCUT2D eigenvalue weighted by molar-refractivity contribution is 0.669. The van der Waals surface area contributed by atoms with E-state index in [9.17, 15) is 0 Å². The van der Waals surface area contributed by atoms with Crippen molar-refractivity contribution in [3.8, 4) is 0 Å². The summed E-state index contributed by atoms with van der Waals surface area (Å²) < 4.78 is 5.71. The van der Waals surface area contributed by atoms with Gasteiger partial charge in [-0.15, -0.1) is 0 Å². The molecule has 1 heterocycles. The van der Waals surface area contributed by atoms with Crippen molar-refractivity contribution in [1.82, 2.24) is 0 Å². The standard InChI is InChI=1S/C13H11NO.C2H6/c1-8-2-4-12-10(6-8)11-7-9(14)3-5-13(11)15-12;1-2/h2-7H,14H2,1H3;1-2H3. The molecule has 0 radical (unpaired) electrons. The van der Waals surface area contributed by atoms with E-state index in [0.29, 0.717) is 0 Å². The predicted octanol–water partition coefficient (Wildman–Crippen LogP) is 4.50. The van der Waals surface area contributed by atoms with Crippen molar-refractivity contribution in [2.24, 2.45) is 0 Å². The van der Waals surface area contributed by atoms with Gasteiger partial charge < -0.3 is 10.2 Å². The maximum absolute atomic E-state index is 5.77. The minimum atomic E-state index is 0.770. The molecule has 0 amide bonds. The van der Waals surface area contributed by atoms with Crippen LogP contribution in [0, 0.1) is 6.92 Å². The van der Waals surface area contributed by atoms with Gasteiger partial charge in [0.1, 0.15) is 11.2 Å². The molecule has 2 heteroatoms. The van der Waals surface area contributed by atoms with Crippen molar-refractivity contribution < 1.29 is 4.42 Å². The van der Waals surface area contributed by atoms with Crippen LogP contribution in [0.1, 0.15) is 19.4 Å². The van der Waals surface area contributed by atoms with Crippen LogP contribution in [0.5, 0.6) is 0 Å². The molecule has 0 atom stereocenters. The van der Waals surface area contributed by atoms with Gasteiger partial charge in [-0.25, -0.2) is 0 Å². The Hall–Kier alpha value is -1.96. The van der Waals surface area contributed by atoms with Crippen LogP contribution in [0.4, 0.5) is 5.69 Å². The molecule has 0 unspecified atom stereocenters. The second-order valence-corrected chi connectivity index (χ2v) is 3.86. The Labute approximate surface area is 101 Å². The molecule has 17 heavy (non-hydrogen) atoms. The van der Waals surface area contributed by atoms with Crippen molar-refractivity contribution in [1.29, 1.82) is 0 Å². The maximum atomic E-state index is 5.77. The average molecular weight is 227 g/mol. The summed E-state index contributed by atoms with van der Waals surface area (Å²) in [4.78, 5) is 0. The van der Waals surface area contributed by atoms with E-state index in [4.69, 9.17) is 10.2 Å². The molecule has 0 aliphatic heterocycles. The first-order chi connectivity index (χ1) is 8.24. The van der Waals surface area contributed by atoms with Crippen molar-refractivity contribution in [2.45, 2.75) is 20.8 Å². The van der Waals surface area contributed by atoms with Gasteiger partial charge in [0.05, 0.1) is 0 Å². The van der Waals surface area contributed by atoms with Gasteiger partial charge in [0.15, 0.2) is 0 Å². The number of fused-ring (bicyclic) bond motifs is 3. The van der Waals surface area contributed by atoms with E-state index in [-0.39, 0.29) is 0 Å². The number of hydrogen-bond donors (Lipinski definition) is 1. The summed E-state index contributed by atoms with van der Waals surface area (Å²) >= 11 is 0. The van der Waals surface area contributed by atoms with Crippen LogP contribution < -0.4 is 5.73 Å². The third-order valence-corrected chi connectivity index (χ3v) is 2.65. The summed E-state index contributed by atoms with van der Waals surface area (Å²) in [5.41, 5.74) is 9.58. The zero-order valence-corrected chi connectivity index (χ0v) is 10.4. The molecule has 0 aliphatic carbocycles. The van der Waals surface area contributed by atoms with Gasteiger partial charge in [-0.1, -0.05) is 25.5 Å². The Morgan fingerprint density at radius 1 is 0.882 bits per heavy atom. The van der Waals surface area contributed by atoms with Crippen LogP contribution in [-0.2, 0) is 0 Å². The first kappa shape index (κ1) is 11.5. The summed E-state index contributed by atoms with van der Waals surface area (Å²) in [6.07, 6.45) is 0. The molecule has 0 saturated heterocycles. The Kier molecular flexibility index (Phi) is 3.05. The van der Waals surface area contributed by atoms with E-state index in [1.807, 2.05) is 44.2 Å². The van der Waals surface area contributed by atoms with Crippen LogP contribution in [-0.4, -0.2) is 0 Å². The molecule has 0 spiro atoms. The average Bonchev–Trinajstić information content (AvgIpc) is 2.69.